The number of ether oxygens (including phenoxy) is 2. The van der Waals surface area contributed by atoms with Gasteiger partial charge in [0.15, 0.2) is 11.4 Å². The zero-order chi connectivity index (χ0) is 22.8. The molecule has 2 saturated carbocycles. The number of ketones is 1. The van der Waals surface area contributed by atoms with Crippen molar-refractivity contribution in [1.82, 2.24) is 0 Å². The summed E-state index contributed by atoms with van der Waals surface area (Å²) in [6.45, 7) is 11.2. The second-order valence-corrected chi connectivity index (χ2v) is 10.8. The first kappa shape index (κ1) is 22.3. The van der Waals surface area contributed by atoms with Gasteiger partial charge in [-0.1, -0.05) is 25.5 Å². The van der Waals surface area contributed by atoms with E-state index in [2.05, 4.69) is 32.9 Å². The Balaban J connectivity index is 1.73. The van der Waals surface area contributed by atoms with E-state index < -0.39 is 5.60 Å². The number of hydrogen-bond donors (Lipinski definition) is 0. The van der Waals surface area contributed by atoms with Gasteiger partial charge in [-0.15, -0.1) is 0 Å². The number of carbonyl (C=O) groups is 3. The second-order valence-electron chi connectivity index (χ2n) is 10.8. The molecule has 0 aromatic carbocycles. The van der Waals surface area contributed by atoms with E-state index in [4.69, 9.17) is 9.47 Å². The van der Waals surface area contributed by atoms with E-state index in [0.29, 0.717) is 24.2 Å². The standard InChI is InChI=1S/C26H36O5/c1-15-13-20-21(24(5)10-7-19(14-23(15)24)30-17(3)28)8-11-25(6)22(20)9-12-26(25,16(2)27)31-18(4)29/h13-14,19-22H,7-12H2,1-6H3/t19-,20-,21+,22-,24+,25-,26-/m0/s1. The minimum absolute atomic E-state index is 0.0173. The molecule has 2 fully saturated rings. The summed E-state index contributed by atoms with van der Waals surface area (Å²) >= 11 is 0. The van der Waals surface area contributed by atoms with E-state index in [-0.39, 0.29) is 34.7 Å². The Hall–Kier alpha value is -1.91. The molecule has 0 aromatic rings. The predicted octanol–water partition coefficient (Wildman–Crippen LogP) is 4.94. The molecule has 0 radical (unpaired) electrons. The molecule has 0 bridgehead atoms. The molecular weight excluding hydrogens is 392 g/mol. The van der Waals surface area contributed by atoms with E-state index in [1.807, 2.05) is 0 Å². The normalized spacial score (nSPS) is 43.5. The highest BCUT2D eigenvalue weighted by atomic mass is 16.6. The second kappa shape index (κ2) is 7.31. The molecule has 0 aliphatic heterocycles. The first-order chi connectivity index (χ1) is 14.4. The van der Waals surface area contributed by atoms with Crippen LogP contribution in [-0.2, 0) is 23.9 Å². The van der Waals surface area contributed by atoms with E-state index in [0.717, 1.165) is 32.1 Å². The van der Waals surface area contributed by atoms with Gasteiger partial charge in [0.05, 0.1) is 0 Å². The van der Waals surface area contributed by atoms with Gasteiger partial charge in [0, 0.05) is 19.3 Å². The van der Waals surface area contributed by atoms with Crippen molar-refractivity contribution in [2.75, 3.05) is 0 Å². The molecule has 31 heavy (non-hydrogen) atoms. The van der Waals surface area contributed by atoms with Crippen molar-refractivity contribution in [3.05, 3.63) is 23.3 Å². The lowest BCUT2D eigenvalue weighted by atomic mass is 9.47. The fourth-order valence-corrected chi connectivity index (χ4v) is 7.92. The maximum absolute atomic E-state index is 12.9. The van der Waals surface area contributed by atoms with Crippen LogP contribution < -0.4 is 0 Å². The number of carbonyl (C=O) groups excluding carboxylic acids is 3. The van der Waals surface area contributed by atoms with Crippen molar-refractivity contribution in [3.63, 3.8) is 0 Å². The summed E-state index contributed by atoms with van der Waals surface area (Å²) < 4.78 is 11.4. The van der Waals surface area contributed by atoms with Gasteiger partial charge in [0.25, 0.3) is 0 Å². The maximum Gasteiger partial charge on any atom is 0.303 e. The van der Waals surface area contributed by atoms with Crippen LogP contribution in [0.4, 0.5) is 0 Å². The maximum atomic E-state index is 12.9. The lowest BCUT2D eigenvalue weighted by Gasteiger charge is -2.58. The van der Waals surface area contributed by atoms with Gasteiger partial charge in [0.2, 0.25) is 0 Å². The first-order valence-corrected chi connectivity index (χ1v) is 11.7. The Morgan fingerprint density at radius 1 is 0.903 bits per heavy atom. The molecule has 5 heteroatoms. The third kappa shape index (κ3) is 3.14. The van der Waals surface area contributed by atoms with Gasteiger partial charge in [-0.2, -0.15) is 0 Å². The smallest absolute Gasteiger partial charge is 0.303 e. The zero-order valence-corrected chi connectivity index (χ0v) is 19.7. The molecule has 0 saturated heterocycles. The molecule has 0 heterocycles. The van der Waals surface area contributed by atoms with Crippen LogP contribution in [0.5, 0.6) is 0 Å². The third-order valence-electron chi connectivity index (χ3n) is 9.26. The largest absolute Gasteiger partial charge is 0.458 e. The Bertz CT molecular complexity index is 884. The molecule has 0 aromatic heterocycles. The Kier molecular flexibility index (Phi) is 5.26. The highest BCUT2D eigenvalue weighted by Gasteiger charge is 2.67. The van der Waals surface area contributed by atoms with Crippen LogP contribution >= 0.6 is 0 Å². The summed E-state index contributed by atoms with van der Waals surface area (Å²) in [6, 6.07) is 0. The van der Waals surface area contributed by atoms with Crippen LogP contribution in [0.15, 0.2) is 23.3 Å². The summed E-state index contributed by atoms with van der Waals surface area (Å²) in [4.78, 5) is 36.3. The minimum Gasteiger partial charge on any atom is -0.458 e. The lowest BCUT2D eigenvalue weighted by Crippen LogP contribution is -2.58. The number of allylic oxidation sites excluding steroid dienone is 3. The molecule has 0 amide bonds. The van der Waals surface area contributed by atoms with E-state index in [1.54, 1.807) is 6.92 Å². The summed E-state index contributed by atoms with van der Waals surface area (Å²) in [5.74, 6) is 0.550. The summed E-state index contributed by atoms with van der Waals surface area (Å²) in [7, 11) is 0. The SMILES string of the molecule is CC(=O)O[C@@H]1C=C2C(C)=C[C@H]3[C@@H](CC[C@@]4(C)[C@H]3CC[C@]4(OC(C)=O)C(C)=O)[C@@]2(C)CC1. The number of Topliss-reactive ketones (excluding diaryl/α,β-unsaturated/α-hetero) is 1. The summed E-state index contributed by atoms with van der Waals surface area (Å²) in [5.41, 5.74) is 1.29. The molecule has 4 aliphatic carbocycles. The molecule has 4 aliphatic rings. The topological polar surface area (TPSA) is 69.7 Å². The number of fused-ring (bicyclic) bond motifs is 5. The van der Waals surface area contributed by atoms with Crippen molar-refractivity contribution in [3.8, 4) is 0 Å². The van der Waals surface area contributed by atoms with Gasteiger partial charge in [-0.25, -0.2) is 0 Å². The summed E-state index contributed by atoms with van der Waals surface area (Å²) in [6.07, 6.45) is 9.69. The monoisotopic (exact) mass is 428 g/mol. The molecule has 5 nitrogen and oxygen atoms in total. The molecule has 7 atom stereocenters. The van der Waals surface area contributed by atoms with Crippen LogP contribution in [0, 0.1) is 28.6 Å². The van der Waals surface area contributed by atoms with Gasteiger partial charge in [-0.3, -0.25) is 14.4 Å². The van der Waals surface area contributed by atoms with Crippen LogP contribution in [0.1, 0.15) is 80.1 Å². The molecule has 0 N–H and O–H groups in total. The van der Waals surface area contributed by atoms with E-state index >= 15 is 0 Å². The zero-order valence-electron chi connectivity index (χ0n) is 19.7. The van der Waals surface area contributed by atoms with Crippen LogP contribution in [0.25, 0.3) is 0 Å². The van der Waals surface area contributed by atoms with E-state index in [1.165, 1.54) is 25.0 Å². The minimum atomic E-state index is -1.000. The molecule has 4 rings (SSSR count). The van der Waals surface area contributed by atoms with Crippen molar-refractivity contribution < 1.29 is 23.9 Å². The van der Waals surface area contributed by atoms with Crippen LogP contribution in [-0.4, -0.2) is 29.4 Å². The van der Waals surface area contributed by atoms with Crippen LogP contribution in [0.3, 0.4) is 0 Å². The van der Waals surface area contributed by atoms with Gasteiger partial charge in [-0.05, 0) is 87.2 Å². The molecule has 0 spiro atoms. The number of hydrogen-bond acceptors (Lipinski definition) is 5. The Morgan fingerprint density at radius 3 is 2.19 bits per heavy atom. The van der Waals surface area contributed by atoms with Gasteiger partial charge < -0.3 is 9.47 Å². The van der Waals surface area contributed by atoms with Crippen molar-refractivity contribution in [2.24, 2.45) is 28.6 Å². The van der Waals surface area contributed by atoms with Gasteiger partial charge >= 0.3 is 11.9 Å². The lowest BCUT2D eigenvalue weighted by molar-refractivity contribution is -0.185. The molecular formula is C26H36O5. The number of esters is 2. The molecule has 0 unspecified atom stereocenters. The molecule has 170 valence electrons. The Morgan fingerprint density at radius 2 is 1.58 bits per heavy atom. The fraction of sp³-hybridized carbons (Fsp3) is 0.731. The summed E-state index contributed by atoms with van der Waals surface area (Å²) in [5, 5.41) is 0. The highest BCUT2D eigenvalue weighted by Crippen LogP contribution is 2.68. The number of rotatable bonds is 3. The first-order valence-electron chi connectivity index (χ1n) is 11.7. The van der Waals surface area contributed by atoms with Crippen molar-refractivity contribution >= 4 is 17.7 Å². The third-order valence-corrected chi connectivity index (χ3v) is 9.26. The Labute approximate surface area is 185 Å². The predicted molar refractivity (Wildman–Crippen MR) is 117 cm³/mol. The van der Waals surface area contributed by atoms with E-state index in [9.17, 15) is 14.4 Å². The average molecular weight is 429 g/mol. The van der Waals surface area contributed by atoms with Crippen molar-refractivity contribution in [2.45, 2.75) is 91.8 Å². The van der Waals surface area contributed by atoms with Gasteiger partial charge in [0.1, 0.15) is 6.10 Å². The quantitative estimate of drug-likeness (QED) is 0.596. The average Bonchev–Trinajstić information content (AvgIpc) is 2.96. The van der Waals surface area contributed by atoms with Crippen molar-refractivity contribution in [1.29, 1.82) is 0 Å². The highest BCUT2D eigenvalue weighted by molar-refractivity contribution is 5.89. The fourth-order valence-electron chi connectivity index (χ4n) is 7.92. The van der Waals surface area contributed by atoms with Crippen LogP contribution in [0.2, 0.25) is 0 Å².